The van der Waals surface area contributed by atoms with Gasteiger partial charge in [0.15, 0.2) is 0 Å². The third kappa shape index (κ3) is 3.62. The quantitative estimate of drug-likeness (QED) is 0.517. The lowest BCUT2D eigenvalue weighted by Gasteiger charge is -2.27. The number of morpholine rings is 1. The fourth-order valence-corrected chi connectivity index (χ4v) is 4.21. The highest BCUT2D eigenvalue weighted by molar-refractivity contribution is 5.98. The number of nitrogens with zero attached hydrogens (tertiary/aromatic N) is 2. The van der Waals surface area contributed by atoms with Crippen LogP contribution in [0.2, 0.25) is 0 Å². The highest BCUT2D eigenvalue weighted by Crippen LogP contribution is 2.33. The van der Waals surface area contributed by atoms with Gasteiger partial charge in [0.2, 0.25) is 0 Å². The van der Waals surface area contributed by atoms with Crippen LogP contribution in [0, 0.1) is 13.8 Å². The molecule has 1 saturated heterocycles. The SMILES string of the molecule is Cc1cccc(-c2c[nH]c3ncc(-c4cccc(C(=O)N5CCOCC5)c4)cc23)c1C. The molecule has 5 heteroatoms. The standard InChI is InChI=1S/C26H25N3O2/c1-17-5-3-8-22(18(17)2)24-16-28-25-23(24)14-21(15-27-25)19-6-4-7-20(13-19)26(30)29-9-11-31-12-10-29/h3-8,13-16H,9-12H2,1-2H3,(H,27,28). The van der Waals surface area contributed by atoms with E-state index in [4.69, 9.17) is 4.74 Å². The minimum atomic E-state index is 0.0527. The van der Waals surface area contributed by atoms with Crippen LogP contribution in [0.5, 0.6) is 0 Å². The highest BCUT2D eigenvalue weighted by Gasteiger charge is 2.19. The van der Waals surface area contributed by atoms with Crippen LogP contribution in [-0.2, 0) is 4.74 Å². The Morgan fingerprint density at radius 2 is 1.81 bits per heavy atom. The maximum atomic E-state index is 12.9. The summed E-state index contributed by atoms with van der Waals surface area (Å²) in [5.41, 5.74) is 8.44. The molecule has 0 spiro atoms. The van der Waals surface area contributed by atoms with Crippen molar-refractivity contribution in [2.24, 2.45) is 0 Å². The third-order valence-electron chi connectivity index (χ3n) is 6.17. The normalized spacial score (nSPS) is 14.2. The number of rotatable bonds is 3. The lowest BCUT2D eigenvalue weighted by Crippen LogP contribution is -2.40. The van der Waals surface area contributed by atoms with Crippen LogP contribution in [0.4, 0.5) is 0 Å². The van der Waals surface area contributed by atoms with Crippen LogP contribution in [0.3, 0.4) is 0 Å². The van der Waals surface area contributed by atoms with Gasteiger partial charge in [0, 0.05) is 47.6 Å². The van der Waals surface area contributed by atoms with Gasteiger partial charge in [-0.25, -0.2) is 4.98 Å². The number of H-pyrrole nitrogens is 1. The molecule has 1 N–H and O–H groups in total. The number of carbonyl (C=O) groups excluding carboxylic acids is 1. The summed E-state index contributed by atoms with van der Waals surface area (Å²) in [6.45, 7) is 6.76. The molecule has 2 aromatic heterocycles. The zero-order valence-electron chi connectivity index (χ0n) is 17.8. The summed E-state index contributed by atoms with van der Waals surface area (Å²) in [5, 5.41) is 1.08. The van der Waals surface area contributed by atoms with Crippen molar-refractivity contribution in [1.82, 2.24) is 14.9 Å². The van der Waals surface area contributed by atoms with E-state index in [0.717, 1.165) is 27.7 Å². The smallest absolute Gasteiger partial charge is 0.254 e. The minimum Gasteiger partial charge on any atom is -0.378 e. The van der Waals surface area contributed by atoms with Gasteiger partial charge in [0.05, 0.1) is 13.2 Å². The van der Waals surface area contributed by atoms with Gasteiger partial charge in [-0.05, 0) is 54.3 Å². The molecule has 0 atom stereocenters. The number of fused-ring (bicyclic) bond motifs is 1. The summed E-state index contributed by atoms with van der Waals surface area (Å²) in [6.07, 6.45) is 3.89. The summed E-state index contributed by atoms with van der Waals surface area (Å²) in [7, 11) is 0. The Morgan fingerprint density at radius 1 is 1.00 bits per heavy atom. The van der Waals surface area contributed by atoms with Gasteiger partial charge in [0.1, 0.15) is 5.65 Å². The number of aryl methyl sites for hydroxylation is 1. The molecule has 0 radical (unpaired) electrons. The van der Waals surface area contributed by atoms with Crippen LogP contribution in [0.1, 0.15) is 21.5 Å². The number of carbonyl (C=O) groups is 1. The summed E-state index contributed by atoms with van der Waals surface area (Å²) in [6, 6.07) is 16.4. The van der Waals surface area contributed by atoms with Crippen LogP contribution in [0.15, 0.2) is 60.9 Å². The number of ether oxygens (including phenoxy) is 1. The Hall–Kier alpha value is -3.44. The largest absolute Gasteiger partial charge is 0.378 e. The molecular weight excluding hydrogens is 386 g/mol. The molecule has 4 aromatic rings. The van der Waals surface area contributed by atoms with Crippen molar-refractivity contribution in [3.63, 3.8) is 0 Å². The molecule has 31 heavy (non-hydrogen) atoms. The number of aromatic amines is 1. The molecule has 5 rings (SSSR count). The predicted molar refractivity (Wildman–Crippen MR) is 123 cm³/mol. The van der Waals surface area contributed by atoms with Gasteiger partial charge < -0.3 is 14.6 Å². The Labute approximate surface area is 181 Å². The van der Waals surface area contributed by atoms with E-state index in [0.29, 0.717) is 31.9 Å². The van der Waals surface area contributed by atoms with Crippen molar-refractivity contribution in [2.45, 2.75) is 13.8 Å². The van der Waals surface area contributed by atoms with Gasteiger partial charge in [-0.2, -0.15) is 0 Å². The maximum Gasteiger partial charge on any atom is 0.254 e. The second-order valence-electron chi connectivity index (χ2n) is 8.06. The van der Waals surface area contributed by atoms with E-state index in [2.05, 4.69) is 48.1 Å². The lowest BCUT2D eigenvalue weighted by molar-refractivity contribution is 0.0303. The summed E-state index contributed by atoms with van der Waals surface area (Å²) >= 11 is 0. The lowest BCUT2D eigenvalue weighted by atomic mass is 9.96. The first-order valence-corrected chi connectivity index (χ1v) is 10.6. The van der Waals surface area contributed by atoms with E-state index in [1.165, 1.54) is 16.7 Å². The number of nitrogens with one attached hydrogen (secondary N) is 1. The molecule has 156 valence electrons. The van der Waals surface area contributed by atoms with Crippen molar-refractivity contribution < 1.29 is 9.53 Å². The number of aromatic nitrogens is 2. The molecule has 1 aliphatic heterocycles. The van der Waals surface area contributed by atoms with Crippen LogP contribution in [0.25, 0.3) is 33.3 Å². The Morgan fingerprint density at radius 3 is 2.65 bits per heavy atom. The average Bonchev–Trinajstić information content (AvgIpc) is 3.24. The summed E-state index contributed by atoms with van der Waals surface area (Å²) in [5.74, 6) is 0.0527. The molecule has 3 heterocycles. The first kappa shape index (κ1) is 19.5. The summed E-state index contributed by atoms with van der Waals surface area (Å²) in [4.78, 5) is 22.7. The highest BCUT2D eigenvalue weighted by atomic mass is 16.5. The third-order valence-corrected chi connectivity index (χ3v) is 6.17. The van der Waals surface area contributed by atoms with Crippen molar-refractivity contribution in [2.75, 3.05) is 26.3 Å². The molecule has 2 aromatic carbocycles. The van der Waals surface area contributed by atoms with Gasteiger partial charge in [-0.15, -0.1) is 0 Å². The number of benzene rings is 2. The molecule has 1 aliphatic rings. The zero-order chi connectivity index (χ0) is 21.4. The Bertz CT molecular complexity index is 1270. The minimum absolute atomic E-state index is 0.0527. The van der Waals surface area contributed by atoms with Gasteiger partial charge in [-0.1, -0.05) is 30.3 Å². The monoisotopic (exact) mass is 411 g/mol. The van der Waals surface area contributed by atoms with Crippen molar-refractivity contribution >= 4 is 16.9 Å². The second-order valence-corrected chi connectivity index (χ2v) is 8.06. The molecule has 5 nitrogen and oxygen atoms in total. The van der Waals surface area contributed by atoms with Gasteiger partial charge >= 0.3 is 0 Å². The Balaban J connectivity index is 1.54. The topological polar surface area (TPSA) is 58.2 Å². The van der Waals surface area contributed by atoms with E-state index in [1.54, 1.807) is 0 Å². The molecule has 1 fully saturated rings. The van der Waals surface area contributed by atoms with E-state index >= 15 is 0 Å². The van der Waals surface area contributed by atoms with E-state index < -0.39 is 0 Å². The second kappa shape index (κ2) is 8.00. The van der Waals surface area contributed by atoms with Crippen molar-refractivity contribution in [3.8, 4) is 22.3 Å². The number of hydrogen-bond acceptors (Lipinski definition) is 3. The predicted octanol–water partition coefficient (Wildman–Crippen LogP) is 4.99. The number of pyridine rings is 1. The molecule has 0 saturated carbocycles. The maximum absolute atomic E-state index is 12.9. The number of amides is 1. The van der Waals surface area contributed by atoms with E-state index in [9.17, 15) is 4.79 Å². The van der Waals surface area contributed by atoms with E-state index in [1.807, 2.05) is 41.6 Å². The van der Waals surface area contributed by atoms with Crippen LogP contribution in [-0.4, -0.2) is 47.1 Å². The van der Waals surface area contributed by atoms with E-state index in [-0.39, 0.29) is 5.91 Å². The first-order chi connectivity index (χ1) is 15.1. The molecular formula is C26H25N3O2. The first-order valence-electron chi connectivity index (χ1n) is 10.6. The zero-order valence-corrected chi connectivity index (χ0v) is 17.8. The van der Waals surface area contributed by atoms with Crippen molar-refractivity contribution in [3.05, 3.63) is 77.6 Å². The molecule has 0 bridgehead atoms. The van der Waals surface area contributed by atoms with Gasteiger partial charge in [-0.3, -0.25) is 4.79 Å². The molecule has 0 unspecified atom stereocenters. The van der Waals surface area contributed by atoms with Crippen molar-refractivity contribution in [1.29, 1.82) is 0 Å². The van der Waals surface area contributed by atoms with Gasteiger partial charge in [0.25, 0.3) is 5.91 Å². The summed E-state index contributed by atoms with van der Waals surface area (Å²) < 4.78 is 5.37. The number of hydrogen-bond donors (Lipinski definition) is 1. The fourth-order valence-electron chi connectivity index (χ4n) is 4.21. The fraction of sp³-hybridized carbons (Fsp3) is 0.231. The molecule has 1 amide bonds. The van der Waals surface area contributed by atoms with Crippen LogP contribution < -0.4 is 0 Å². The Kier molecular flexibility index (Phi) is 5.04. The average molecular weight is 412 g/mol. The van der Waals surface area contributed by atoms with Crippen LogP contribution >= 0.6 is 0 Å². The molecule has 0 aliphatic carbocycles.